The highest BCUT2D eigenvalue weighted by Gasteiger charge is 2.50. The summed E-state index contributed by atoms with van der Waals surface area (Å²) >= 11 is 1.36. The predicted octanol–water partition coefficient (Wildman–Crippen LogP) is 1.30. The largest absolute Gasteiger partial charge is 0.373 e. The number of hydrogen-bond donors (Lipinski definition) is 2. The first-order valence-corrected chi connectivity index (χ1v) is 7.75. The van der Waals surface area contributed by atoms with Gasteiger partial charge in [0.2, 0.25) is 5.91 Å². The lowest BCUT2D eigenvalue weighted by atomic mass is 10.1. The molecule has 1 aliphatic carbocycles. The zero-order valence-electron chi connectivity index (χ0n) is 11.3. The van der Waals surface area contributed by atoms with E-state index in [1.165, 1.54) is 11.3 Å². The number of hydrogen-bond acceptors (Lipinski definition) is 4. The smallest absolute Gasteiger partial charge is 0.261 e. The molecule has 1 aromatic heterocycles. The van der Waals surface area contributed by atoms with Gasteiger partial charge in [-0.25, -0.2) is 0 Å². The molecule has 1 saturated heterocycles. The Labute approximate surface area is 121 Å². The third-order valence-corrected chi connectivity index (χ3v) is 4.72. The molecule has 108 valence electrons. The molecule has 0 bridgehead atoms. The highest BCUT2D eigenvalue weighted by molar-refractivity contribution is 7.12. The summed E-state index contributed by atoms with van der Waals surface area (Å²) in [6, 6.07) is 3.09. The minimum Gasteiger partial charge on any atom is -0.373 e. The summed E-state index contributed by atoms with van der Waals surface area (Å²) in [6.45, 7) is 2.28. The van der Waals surface area contributed by atoms with Crippen molar-refractivity contribution < 1.29 is 14.3 Å². The van der Waals surface area contributed by atoms with Crippen LogP contribution in [0.15, 0.2) is 17.5 Å². The van der Waals surface area contributed by atoms with E-state index in [-0.39, 0.29) is 23.5 Å². The molecule has 1 aromatic rings. The summed E-state index contributed by atoms with van der Waals surface area (Å²) < 4.78 is 5.68. The predicted molar refractivity (Wildman–Crippen MR) is 75.7 cm³/mol. The molecule has 3 rings (SSSR count). The summed E-state index contributed by atoms with van der Waals surface area (Å²) in [5.74, 6) is -0.356. The van der Waals surface area contributed by atoms with E-state index in [1.54, 1.807) is 13.0 Å². The van der Waals surface area contributed by atoms with Crippen LogP contribution in [0.3, 0.4) is 0 Å². The van der Waals surface area contributed by atoms with Crippen molar-refractivity contribution in [3.8, 4) is 0 Å². The van der Waals surface area contributed by atoms with E-state index in [2.05, 4.69) is 10.6 Å². The Hall–Kier alpha value is -1.40. The fourth-order valence-electron chi connectivity index (χ4n) is 2.49. The van der Waals surface area contributed by atoms with Crippen molar-refractivity contribution in [1.29, 1.82) is 0 Å². The van der Waals surface area contributed by atoms with Crippen LogP contribution in [0.1, 0.15) is 35.9 Å². The van der Waals surface area contributed by atoms with Crippen LogP contribution >= 0.6 is 11.3 Å². The van der Waals surface area contributed by atoms with Gasteiger partial charge in [-0.15, -0.1) is 11.3 Å². The van der Waals surface area contributed by atoms with Crippen molar-refractivity contribution in [3.63, 3.8) is 0 Å². The van der Waals surface area contributed by atoms with Crippen molar-refractivity contribution in [2.75, 3.05) is 6.61 Å². The molecule has 1 aliphatic heterocycles. The van der Waals surface area contributed by atoms with Gasteiger partial charge >= 0.3 is 0 Å². The maximum atomic E-state index is 12.1. The molecule has 0 aromatic carbocycles. The molecule has 2 N–H and O–H groups in total. The Bertz CT molecular complexity index is 510. The van der Waals surface area contributed by atoms with E-state index in [1.807, 2.05) is 11.4 Å². The lowest BCUT2D eigenvalue weighted by molar-refractivity contribution is -0.123. The van der Waals surface area contributed by atoms with Gasteiger partial charge in [-0.2, -0.15) is 0 Å². The average Bonchev–Trinajstić information content (AvgIpc) is 2.84. The number of thiophene rings is 1. The molecule has 2 amide bonds. The van der Waals surface area contributed by atoms with Crippen LogP contribution in [0.5, 0.6) is 0 Å². The monoisotopic (exact) mass is 294 g/mol. The van der Waals surface area contributed by atoms with E-state index < -0.39 is 6.04 Å². The van der Waals surface area contributed by atoms with E-state index in [4.69, 9.17) is 4.74 Å². The third kappa shape index (κ3) is 2.86. The van der Waals surface area contributed by atoms with Crippen LogP contribution in [0, 0.1) is 0 Å². The number of carbonyl (C=O) groups excluding carboxylic acids is 2. The standard InChI is InChI=1S/C14H18N2O3S/c1-9(15-13(18)11-3-2-6-20-11)12(17)16-10-7-14(4-5-14)19-8-10/h2-3,6,9-10H,4-5,7-8H2,1H3,(H,15,18)(H,16,17). The van der Waals surface area contributed by atoms with E-state index >= 15 is 0 Å². The number of carbonyl (C=O) groups is 2. The molecule has 1 saturated carbocycles. The fraction of sp³-hybridized carbons (Fsp3) is 0.571. The summed E-state index contributed by atoms with van der Waals surface area (Å²) in [6.07, 6.45) is 3.10. The molecule has 20 heavy (non-hydrogen) atoms. The van der Waals surface area contributed by atoms with Gasteiger partial charge in [-0.05, 0) is 37.6 Å². The molecular formula is C14H18N2O3S. The SMILES string of the molecule is CC(NC(=O)c1cccs1)C(=O)NC1COC2(CC2)C1. The molecule has 2 fully saturated rings. The minimum absolute atomic E-state index is 0.0569. The Balaban J connectivity index is 1.48. The van der Waals surface area contributed by atoms with E-state index in [0.717, 1.165) is 19.3 Å². The minimum atomic E-state index is -0.541. The highest BCUT2D eigenvalue weighted by atomic mass is 32.1. The third-order valence-electron chi connectivity index (χ3n) is 3.85. The van der Waals surface area contributed by atoms with Crippen molar-refractivity contribution in [3.05, 3.63) is 22.4 Å². The van der Waals surface area contributed by atoms with Crippen LogP contribution in [0.25, 0.3) is 0 Å². The Kier molecular flexibility index (Phi) is 3.52. The van der Waals surface area contributed by atoms with Gasteiger partial charge in [0, 0.05) is 0 Å². The molecule has 2 atom stereocenters. The summed E-state index contributed by atoms with van der Waals surface area (Å²) in [5.41, 5.74) is 0.0569. The van der Waals surface area contributed by atoms with Gasteiger partial charge in [0.25, 0.3) is 5.91 Å². The first-order chi connectivity index (χ1) is 9.58. The quantitative estimate of drug-likeness (QED) is 0.879. The fourth-order valence-corrected chi connectivity index (χ4v) is 3.12. The Morgan fingerprint density at radius 2 is 2.30 bits per heavy atom. The molecular weight excluding hydrogens is 276 g/mol. The first-order valence-electron chi connectivity index (χ1n) is 6.87. The molecule has 2 aliphatic rings. The molecule has 5 nitrogen and oxygen atoms in total. The number of nitrogens with one attached hydrogen (secondary N) is 2. The zero-order valence-corrected chi connectivity index (χ0v) is 12.2. The number of amides is 2. The van der Waals surface area contributed by atoms with Crippen LogP contribution in [0.4, 0.5) is 0 Å². The lowest BCUT2D eigenvalue weighted by Crippen LogP contribution is -2.48. The Morgan fingerprint density at radius 1 is 1.50 bits per heavy atom. The Morgan fingerprint density at radius 3 is 2.90 bits per heavy atom. The lowest BCUT2D eigenvalue weighted by Gasteiger charge is -2.16. The van der Waals surface area contributed by atoms with Gasteiger partial charge in [0.15, 0.2) is 0 Å². The van der Waals surface area contributed by atoms with Crippen LogP contribution in [0.2, 0.25) is 0 Å². The van der Waals surface area contributed by atoms with Gasteiger partial charge in [-0.1, -0.05) is 6.07 Å². The second kappa shape index (κ2) is 5.18. The average molecular weight is 294 g/mol. The van der Waals surface area contributed by atoms with Crippen molar-refractivity contribution in [2.45, 2.75) is 43.9 Å². The van der Waals surface area contributed by atoms with Gasteiger partial charge in [-0.3, -0.25) is 9.59 Å². The second-order valence-corrected chi connectivity index (χ2v) is 6.52. The van der Waals surface area contributed by atoms with Crippen molar-refractivity contribution >= 4 is 23.2 Å². The van der Waals surface area contributed by atoms with Crippen LogP contribution in [-0.2, 0) is 9.53 Å². The second-order valence-electron chi connectivity index (χ2n) is 5.58. The van der Waals surface area contributed by atoms with Crippen LogP contribution in [-0.4, -0.2) is 36.1 Å². The summed E-state index contributed by atoms with van der Waals surface area (Å²) in [5, 5.41) is 7.50. The number of ether oxygens (including phenoxy) is 1. The zero-order chi connectivity index (χ0) is 14.2. The highest BCUT2D eigenvalue weighted by Crippen LogP contribution is 2.47. The van der Waals surface area contributed by atoms with Gasteiger partial charge < -0.3 is 15.4 Å². The molecule has 2 unspecified atom stereocenters. The molecule has 1 spiro atoms. The van der Waals surface area contributed by atoms with E-state index in [0.29, 0.717) is 11.5 Å². The maximum absolute atomic E-state index is 12.1. The van der Waals surface area contributed by atoms with Gasteiger partial charge in [0.1, 0.15) is 6.04 Å². The normalized spacial score (nSPS) is 24.4. The maximum Gasteiger partial charge on any atom is 0.261 e. The van der Waals surface area contributed by atoms with Crippen LogP contribution < -0.4 is 10.6 Å². The summed E-state index contributed by atoms with van der Waals surface area (Å²) in [4.78, 5) is 24.5. The van der Waals surface area contributed by atoms with Crippen molar-refractivity contribution in [2.24, 2.45) is 0 Å². The topological polar surface area (TPSA) is 67.4 Å². The van der Waals surface area contributed by atoms with E-state index in [9.17, 15) is 9.59 Å². The number of rotatable bonds is 4. The molecule has 0 radical (unpaired) electrons. The van der Waals surface area contributed by atoms with Gasteiger partial charge in [0.05, 0.1) is 23.1 Å². The first kappa shape index (κ1) is 13.6. The van der Waals surface area contributed by atoms with Crippen molar-refractivity contribution in [1.82, 2.24) is 10.6 Å². The summed E-state index contributed by atoms with van der Waals surface area (Å²) in [7, 11) is 0. The molecule has 2 heterocycles. The molecule has 6 heteroatoms.